The molecule has 0 N–H and O–H groups in total. The molecule has 72 valence electrons. The number of benzene rings is 1. The van der Waals surface area contributed by atoms with E-state index in [-0.39, 0.29) is 0 Å². The Hall–Kier alpha value is -0.640. The third-order valence-corrected chi connectivity index (χ3v) is 2.94. The summed E-state index contributed by atoms with van der Waals surface area (Å²) in [5.74, 6) is 0.499. The van der Waals surface area contributed by atoms with Crippen molar-refractivity contribution in [3.63, 3.8) is 0 Å². The molecule has 1 aromatic heterocycles. The van der Waals surface area contributed by atoms with Gasteiger partial charge < -0.3 is 0 Å². The van der Waals surface area contributed by atoms with Crippen LogP contribution in [0, 0.1) is 3.57 Å². The Balaban J connectivity index is 2.62. The van der Waals surface area contributed by atoms with Crippen LogP contribution in [0.4, 0.5) is 0 Å². The van der Waals surface area contributed by atoms with Gasteiger partial charge in [0, 0.05) is 14.7 Å². The maximum Gasteiger partial charge on any atom is 0.0706 e. The highest BCUT2D eigenvalue weighted by atomic mass is 127. The highest BCUT2D eigenvalue weighted by molar-refractivity contribution is 14.1. The zero-order valence-electron chi connectivity index (χ0n) is 8.29. The van der Waals surface area contributed by atoms with E-state index in [1.807, 2.05) is 0 Å². The van der Waals surface area contributed by atoms with Gasteiger partial charge in [-0.1, -0.05) is 19.9 Å². The van der Waals surface area contributed by atoms with Gasteiger partial charge in [0.25, 0.3) is 0 Å². The van der Waals surface area contributed by atoms with Crippen LogP contribution in [0.15, 0.2) is 30.3 Å². The smallest absolute Gasteiger partial charge is 0.0706 e. The lowest BCUT2D eigenvalue weighted by molar-refractivity contribution is 0.830. The minimum absolute atomic E-state index is 0.499. The van der Waals surface area contributed by atoms with E-state index in [4.69, 9.17) is 0 Å². The number of nitrogens with zero attached hydrogens (tertiary/aromatic N) is 1. The Bertz CT molecular complexity index is 463. The lowest BCUT2D eigenvalue weighted by atomic mass is 10.1. The highest BCUT2D eigenvalue weighted by Gasteiger charge is 2.02. The molecule has 2 heteroatoms. The maximum atomic E-state index is 4.61. The van der Waals surface area contributed by atoms with Gasteiger partial charge in [-0.15, -0.1) is 0 Å². The zero-order valence-corrected chi connectivity index (χ0v) is 10.4. The van der Waals surface area contributed by atoms with Gasteiger partial charge in [-0.3, -0.25) is 4.98 Å². The van der Waals surface area contributed by atoms with Crippen LogP contribution in [0.5, 0.6) is 0 Å². The summed E-state index contributed by atoms with van der Waals surface area (Å²) in [4.78, 5) is 4.61. The summed E-state index contributed by atoms with van der Waals surface area (Å²) in [6.45, 7) is 4.34. The molecular weight excluding hydrogens is 285 g/mol. The molecule has 0 saturated heterocycles. The molecule has 0 radical (unpaired) electrons. The highest BCUT2D eigenvalue weighted by Crippen LogP contribution is 2.19. The minimum atomic E-state index is 0.499. The monoisotopic (exact) mass is 297 g/mol. The maximum absolute atomic E-state index is 4.61. The van der Waals surface area contributed by atoms with Crippen molar-refractivity contribution in [2.45, 2.75) is 19.8 Å². The molecule has 0 aliphatic carbocycles. The summed E-state index contributed by atoms with van der Waals surface area (Å²) >= 11 is 2.32. The van der Waals surface area contributed by atoms with Crippen LogP contribution in [0.2, 0.25) is 0 Å². The third-order valence-electron chi connectivity index (χ3n) is 2.26. The number of fused-ring (bicyclic) bond motifs is 1. The second-order valence-corrected chi connectivity index (χ2v) is 4.97. The Morgan fingerprint density at radius 1 is 1.14 bits per heavy atom. The van der Waals surface area contributed by atoms with Gasteiger partial charge in [0.15, 0.2) is 0 Å². The van der Waals surface area contributed by atoms with Gasteiger partial charge in [0.1, 0.15) is 0 Å². The standard InChI is InChI=1S/C12H12IN/c1-8(2)11-5-3-9-7-10(13)4-6-12(9)14-11/h3-8H,1-2H3. The molecule has 0 bridgehead atoms. The van der Waals surface area contributed by atoms with Crippen LogP contribution in [-0.2, 0) is 0 Å². The first-order valence-corrected chi connectivity index (χ1v) is 5.81. The van der Waals surface area contributed by atoms with Crippen molar-refractivity contribution < 1.29 is 0 Å². The van der Waals surface area contributed by atoms with Crippen LogP contribution in [0.25, 0.3) is 10.9 Å². The molecule has 0 aliphatic heterocycles. The van der Waals surface area contributed by atoms with Crippen LogP contribution >= 0.6 is 22.6 Å². The van der Waals surface area contributed by atoms with Crippen molar-refractivity contribution in [1.29, 1.82) is 0 Å². The quantitative estimate of drug-likeness (QED) is 0.726. The van der Waals surface area contributed by atoms with Crippen LogP contribution < -0.4 is 0 Å². The normalized spacial score (nSPS) is 11.1. The van der Waals surface area contributed by atoms with Crippen LogP contribution in [-0.4, -0.2) is 4.98 Å². The van der Waals surface area contributed by atoms with Gasteiger partial charge in [-0.05, 0) is 52.8 Å². The SMILES string of the molecule is CC(C)c1ccc2cc(I)ccc2n1. The molecule has 0 saturated carbocycles. The lowest BCUT2D eigenvalue weighted by Gasteiger charge is -2.05. The number of hydrogen-bond donors (Lipinski definition) is 0. The number of rotatable bonds is 1. The van der Waals surface area contributed by atoms with Gasteiger partial charge in [0.05, 0.1) is 5.52 Å². The van der Waals surface area contributed by atoms with Gasteiger partial charge >= 0.3 is 0 Å². The summed E-state index contributed by atoms with van der Waals surface area (Å²) in [6, 6.07) is 10.6. The van der Waals surface area contributed by atoms with E-state index in [1.54, 1.807) is 0 Å². The molecule has 1 heterocycles. The van der Waals surface area contributed by atoms with Gasteiger partial charge in [0.2, 0.25) is 0 Å². The van der Waals surface area contributed by atoms with Gasteiger partial charge in [-0.25, -0.2) is 0 Å². The molecule has 0 aliphatic rings. The first-order valence-electron chi connectivity index (χ1n) is 4.73. The average Bonchev–Trinajstić information content (AvgIpc) is 2.16. The minimum Gasteiger partial charge on any atom is -0.253 e. The number of halogens is 1. The zero-order chi connectivity index (χ0) is 10.1. The molecule has 0 spiro atoms. The molecule has 0 amide bonds. The van der Waals surface area contributed by atoms with Crippen molar-refractivity contribution in [1.82, 2.24) is 4.98 Å². The van der Waals surface area contributed by atoms with E-state index in [1.165, 1.54) is 14.7 Å². The van der Waals surface area contributed by atoms with Gasteiger partial charge in [-0.2, -0.15) is 0 Å². The number of pyridine rings is 1. The fraction of sp³-hybridized carbons (Fsp3) is 0.250. The third kappa shape index (κ3) is 1.90. The molecule has 1 nitrogen and oxygen atoms in total. The predicted molar refractivity (Wildman–Crippen MR) is 68.5 cm³/mol. The van der Waals surface area contributed by atoms with E-state index >= 15 is 0 Å². The second-order valence-electron chi connectivity index (χ2n) is 3.73. The number of aromatic nitrogens is 1. The first-order chi connectivity index (χ1) is 6.66. The van der Waals surface area contributed by atoms with Crippen molar-refractivity contribution in [3.05, 3.63) is 39.6 Å². The topological polar surface area (TPSA) is 12.9 Å². The molecule has 2 rings (SSSR count). The Kier molecular flexibility index (Phi) is 2.72. The average molecular weight is 297 g/mol. The summed E-state index contributed by atoms with van der Waals surface area (Å²) in [7, 11) is 0. The Labute approximate surface area is 97.7 Å². The largest absolute Gasteiger partial charge is 0.253 e. The lowest BCUT2D eigenvalue weighted by Crippen LogP contribution is -1.92. The molecule has 0 unspecified atom stereocenters. The van der Waals surface area contributed by atoms with E-state index in [2.05, 4.69) is 71.8 Å². The van der Waals surface area contributed by atoms with E-state index < -0.39 is 0 Å². The molecule has 14 heavy (non-hydrogen) atoms. The summed E-state index contributed by atoms with van der Waals surface area (Å²) in [5.41, 5.74) is 2.26. The Morgan fingerprint density at radius 2 is 1.93 bits per heavy atom. The van der Waals surface area contributed by atoms with E-state index in [9.17, 15) is 0 Å². The van der Waals surface area contributed by atoms with E-state index in [0.717, 1.165) is 5.52 Å². The fourth-order valence-corrected chi connectivity index (χ4v) is 1.95. The fourth-order valence-electron chi connectivity index (χ4n) is 1.43. The van der Waals surface area contributed by atoms with Crippen molar-refractivity contribution >= 4 is 33.5 Å². The summed E-state index contributed by atoms with van der Waals surface area (Å²) in [6.07, 6.45) is 0. The van der Waals surface area contributed by atoms with Crippen molar-refractivity contribution in [2.24, 2.45) is 0 Å². The van der Waals surface area contributed by atoms with Crippen LogP contribution in [0.1, 0.15) is 25.5 Å². The van der Waals surface area contributed by atoms with E-state index in [0.29, 0.717) is 5.92 Å². The summed E-state index contributed by atoms with van der Waals surface area (Å²) < 4.78 is 1.26. The molecule has 1 aromatic carbocycles. The van der Waals surface area contributed by atoms with Crippen molar-refractivity contribution in [3.8, 4) is 0 Å². The molecular formula is C12H12IN. The second kappa shape index (κ2) is 3.85. The predicted octanol–water partition coefficient (Wildman–Crippen LogP) is 3.96. The first kappa shape index (κ1) is 9.90. The summed E-state index contributed by atoms with van der Waals surface area (Å²) in [5, 5.41) is 1.22. The van der Waals surface area contributed by atoms with Crippen LogP contribution in [0.3, 0.4) is 0 Å². The molecule has 0 atom stereocenters. The van der Waals surface area contributed by atoms with Crippen molar-refractivity contribution in [2.75, 3.05) is 0 Å². The Morgan fingerprint density at radius 3 is 2.64 bits per heavy atom. The molecule has 2 aromatic rings. The molecule has 0 fully saturated rings. The number of hydrogen-bond acceptors (Lipinski definition) is 1.